The first-order valence-electron chi connectivity index (χ1n) is 8.03. The molecule has 3 nitrogen and oxygen atoms in total. The van der Waals surface area contributed by atoms with Crippen LogP contribution in [0.3, 0.4) is 0 Å². The van der Waals surface area contributed by atoms with E-state index < -0.39 is 16.8 Å². The number of rotatable bonds is 5. The second-order valence-corrected chi connectivity index (χ2v) is 6.85. The molecule has 0 aliphatic carbocycles. The first-order valence-corrected chi connectivity index (χ1v) is 9.18. The third-order valence-electron chi connectivity index (χ3n) is 3.74. The van der Waals surface area contributed by atoms with Gasteiger partial charge in [-0.05, 0) is 47.5 Å². The molecule has 126 valence electrons. The van der Waals surface area contributed by atoms with Gasteiger partial charge in [-0.3, -0.25) is 0 Å². The van der Waals surface area contributed by atoms with Crippen LogP contribution in [0.4, 0.5) is 0 Å². The summed E-state index contributed by atoms with van der Waals surface area (Å²) in [5.41, 5.74) is 0.738. The molecule has 25 heavy (non-hydrogen) atoms. The maximum atomic E-state index is 13.0. The smallest absolute Gasteiger partial charge is 0.330 e. The van der Waals surface area contributed by atoms with Crippen LogP contribution in [0.25, 0.3) is 16.8 Å². The fourth-order valence-electron chi connectivity index (χ4n) is 2.54. The van der Waals surface area contributed by atoms with Gasteiger partial charge in [0, 0.05) is 11.0 Å². The highest BCUT2D eigenvalue weighted by Crippen LogP contribution is 2.24. The maximum Gasteiger partial charge on any atom is 0.330 e. The molecule has 3 aromatic carbocycles. The highest BCUT2D eigenvalue weighted by molar-refractivity contribution is 7.85. The van der Waals surface area contributed by atoms with E-state index in [1.54, 1.807) is 13.0 Å². The van der Waals surface area contributed by atoms with Crippen LogP contribution in [0.15, 0.2) is 82.6 Å². The molecule has 0 bridgehead atoms. The standard InChI is InChI=1S/C21H18O3S/c1-2-24-21(22)14-12-17-8-5-6-10-20(17)25(23)19-13-11-16-7-3-4-9-18(16)15-19/h3-15H,2H2,1H3/b14-12+. The molecule has 0 aliphatic rings. The lowest BCUT2D eigenvalue weighted by Gasteiger charge is -2.07. The zero-order valence-corrected chi connectivity index (χ0v) is 14.7. The van der Waals surface area contributed by atoms with Crippen LogP contribution in [0.5, 0.6) is 0 Å². The molecular weight excluding hydrogens is 332 g/mol. The van der Waals surface area contributed by atoms with Gasteiger partial charge in [-0.2, -0.15) is 0 Å². The number of carbonyl (C=O) groups excluding carboxylic acids is 1. The zero-order chi connectivity index (χ0) is 17.6. The molecule has 0 spiro atoms. The Balaban J connectivity index is 1.95. The summed E-state index contributed by atoms with van der Waals surface area (Å²) in [6.07, 6.45) is 3.01. The Hall–Kier alpha value is -2.72. The summed E-state index contributed by atoms with van der Waals surface area (Å²) in [7, 11) is -1.34. The van der Waals surface area contributed by atoms with Gasteiger partial charge < -0.3 is 4.74 Å². The van der Waals surface area contributed by atoms with E-state index in [2.05, 4.69) is 0 Å². The molecule has 4 heteroatoms. The van der Waals surface area contributed by atoms with Crippen molar-refractivity contribution in [3.05, 3.63) is 78.4 Å². The average Bonchev–Trinajstić information content (AvgIpc) is 2.66. The average molecular weight is 350 g/mol. The lowest BCUT2D eigenvalue weighted by molar-refractivity contribution is -0.137. The number of carbonyl (C=O) groups is 1. The summed E-state index contributed by atoms with van der Waals surface area (Å²) in [6.45, 7) is 2.09. The third-order valence-corrected chi connectivity index (χ3v) is 5.19. The van der Waals surface area contributed by atoms with Gasteiger partial charge in [-0.25, -0.2) is 9.00 Å². The largest absolute Gasteiger partial charge is 0.463 e. The second kappa shape index (κ2) is 7.90. The molecule has 1 atom stereocenters. The molecule has 0 saturated heterocycles. The number of fused-ring (bicyclic) bond motifs is 1. The van der Waals surface area contributed by atoms with Gasteiger partial charge in [-0.15, -0.1) is 0 Å². The monoisotopic (exact) mass is 350 g/mol. The topological polar surface area (TPSA) is 43.4 Å². The first-order chi connectivity index (χ1) is 12.2. The molecule has 0 fully saturated rings. The Labute approximate surface area is 149 Å². The van der Waals surface area contributed by atoms with Crippen molar-refractivity contribution in [3.63, 3.8) is 0 Å². The van der Waals surface area contributed by atoms with Crippen molar-refractivity contribution in [2.45, 2.75) is 16.7 Å². The highest BCUT2D eigenvalue weighted by atomic mass is 32.2. The van der Waals surface area contributed by atoms with Crippen LogP contribution in [0.1, 0.15) is 12.5 Å². The van der Waals surface area contributed by atoms with E-state index in [0.717, 1.165) is 21.2 Å². The fourth-order valence-corrected chi connectivity index (χ4v) is 3.78. The Morgan fingerprint density at radius 1 is 1.00 bits per heavy atom. The first kappa shape index (κ1) is 17.1. The van der Waals surface area contributed by atoms with Crippen molar-refractivity contribution in [1.82, 2.24) is 0 Å². The minimum atomic E-state index is -1.34. The predicted molar refractivity (Wildman–Crippen MR) is 101 cm³/mol. The molecule has 3 aromatic rings. The molecule has 0 radical (unpaired) electrons. The molecule has 0 aromatic heterocycles. The van der Waals surface area contributed by atoms with E-state index in [0.29, 0.717) is 11.5 Å². The summed E-state index contributed by atoms with van der Waals surface area (Å²) in [5.74, 6) is -0.409. The SMILES string of the molecule is CCOC(=O)/C=C/c1ccccc1S(=O)c1ccc2ccccc2c1. The van der Waals surface area contributed by atoms with Crippen LogP contribution in [0, 0.1) is 0 Å². The van der Waals surface area contributed by atoms with Crippen molar-refractivity contribution in [3.8, 4) is 0 Å². The maximum absolute atomic E-state index is 13.0. The molecule has 0 amide bonds. The van der Waals surface area contributed by atoms with Crippen molar-refractivity contribution in [2.75, 3.05) is 6.61 Å². The van der Waals surface area contributed by atoms with E-state index in [-0.39, 0.29) is 0 Å². The van der Waals surface area contributed by atoms with Crippen molar-refractivity contribution >= 4 is 33.6 Å². The summed E-state index contributed by atoms with van der Waals surface area (Å²) in [4.78, 5) is 12.9. The van der Waals surface area contributed by atoms with Crippen molar-refractivity contribution < 1.29 is 13.7 Å². The van der Waals surface area contributed by atoms with Gasteiger partial charge in [0.05, 0.1) is 22.3 Å². The van der Waals surface area contributed by atoms with E-state index in [4.69, 9.17) is 4.74 Å². The quantitative estimate of drug-likeness (QED) is 0.499. The molecule has 1 unspecified atom stereocenters. The molecule has 3 rings (SSSR count). The number of ether oxygens (including phenoxy) is 1. The van der Waals surface area contributed by atoms with Gasteiger partial charge in [-0.1, -0.05) is 48.5 Å². The lowest BCUT2D eigenvalue weighted by atomic mass is 10.1. The lowest BCUT2D eigenvalue weighted by Crippen LogP contribution is -2.00. The second-order valence-electron chi connectivity index (χ2n) is 5.40. The Bertz CT molecular complexity index is 960. The zero-order valence-electron chi connectivity index (χ0n) is 13.8. The number of hydrogen-bond donors (Lipinski definition) is 0. The van der Waals surface area contributed by atoms with E-state index >= 15 is 0 Å². The van der Waals surface area contributed by atoms with Gasteiger partial charge >= 0.3 is 5.97 Å². The van der Waals surface area contributed by atoms with Crippen LogP contribution in [0.2, 0.25) is 0 Å². The number of esters is 1. The van der Waals surface area contributed by atoms with E-state index in [1.165, 1.54) is 6.08 Å². The van der Waals surface area contributed by atoms with Gasteiger partial charge in [0.1, 0.15) is 0 Å². The van der Waals surface area contributed by atoms with Crippen LogP contribution >= 0.6 is 0 Å². The summed E-state index contributed by atoms with van der Waals surface area (Å²) >= 11 is 0. The Kier molecular flexibility index (Phi) is 5.41. The van der Waals surface area contributed by atoms with Gasteiger partial charge in [0.2, 0.25) is 0 Å². The van der Waals surface area contributed by atoms with Gasteiger partial charge in [0.15, 0.2) is 0 Å². The van der Waals surface area contributed by atoms with Crippen LogP contribution in [-0.2, 0) is 20.3 Å². The summed E-state index contributed by atoms with van der Waals surface area (Å²) in [5, 5.41) is 2.16. The molecular formula is C21H18O3S. The minimum Gasteiger partial charge on any atom is -0.463 e. The van der Waals surface area contributed by atoms with E-state index in [9.17, 15) is 9.00 Å². The van der Waals surface area contributed by atoms with Crippen molar-refractivity contribution in [1.29, 1.82) is 0 Å². The van der Waals surface area contributed by atoms with Crippen LogP contribution < -0.4 is 0 Å². The van der Waals surface area contributed by atoms with Crippen molar-refractivity contribution in [2.24, 2.45) is 0 Å². The summed E-state index contributed by atoms with van der Waals surface area (Å²) < 4.78 is 17.9. The Morgan fingerprint density at radius 2 is 1.72 bits per heavy atom. The Morgan fingerprint density at radius 3 is 2.52 bits per heavy atom. The predicted octanol–water partition coefficient (Wildman–Crippen LogP) is 4.58. The molecule has 0 saturated carbocycles. The van der Waals surface area contributed by atoms with Gasteiger partial charge in [0.25, 0.3) is 0 Å². The van der Waals surface area contributed by atoms with Crippen LogP contribution in [-0.4, -0.2) is 16.8 Å². The minimum absolute atomic E-state index is 0.327. The number of benzene rings is 3. The number of hydrogen-bond acceptors (Lipinski definition) is 3. The molecule has 0 heterocycles. The normalized spacial score (nSPS) is 12.4. The molecule has 0 aliphatic heterocycles. The highest BCUT2D eigenvalue weighted by Gasteiger charge is 2.11. The van der Waals surface area contributed by atoms with E-state index in [1.807, 2.05) is 66.7 Å². The molecule has 0 N–H and O–H groups in total. The summed E-state index contributed by atoms with van der Waals surface area (Å²) in [6, 6.07) is 21.1. The fraction of sp³-hybridized carbons (Fsp3) is 0.0952. The third kappa shape index (κ3) is 4.03.